The lowest BCUT2D eigenvalue weighted by molar-refractivity contribution is 0.801. The molecule has 1 N–H and O–H groups in total. The average Bonchev–Trinajstić information content (AvgIpc) is 2.41. The van der Waals surface area contributed by atoms with E-state index in [0.717, 1.165) is 21.3 Å². The highest BCUT2D eigenvalue weighted by atomic mass is 79.9. The summed E-state index contributed by atoms with van der Waals surface area (Å²) in [5, 5.41) is 3.23. The number of hydrogen-bond acceptors (Lipinski definition) is 2. The van der Waals surface area contributed by atoms with Crippen molar-refractivity contribution in [3.63, 3.8) is 0 Å². The molecule has 1 rings (SSSR count). The highest BCUT2D eigenvalue weighted by molar-refractivity contribution is 9.13. The molecule has 0 amide bonds. The number of thiophene rings is 1. The van der Waals surface area contributed by atoms with E-state index < -0.39 is 0 Å². The van der Waals surface area contributed by atoms with Gasteiger partial charge in [0.15, 0.2) is 0 Å². The molecule has 0 saturated heterocycles. The van der Waals surface area contributed by atoms with Crippen LogP contribution in [0.3, 0.4) is 0 Å². The maximum absolute atomic E-state index is 3.46. The minimum absolute atomic E-state index is 0.934. The maximum atomic E-state index is 3.46. The van der Waals surface area contributed by atoms with Crippen LogP contribution in [-0.4, -0.2) is 13.1 Å². The van der Waals surface area contributed by atoms with E-state index >= 15 is 0 Å². The third kappa shape index (κ3) is 3.94. The van der Waals surface area contributed by atoms with E-state index in [1.807, 2.05) is 0 Å². The van der Waals surface area contributed by atoms with E-state index in [9.17, 15) is 0 Å². The Bertz CT molecular complexity index is 274. The van der Waals surface area contributed by atoms with E-state index in [-0.39, 0.29) is 0 Å². The minimum Gasteiger partial charge on any atom is -0.314 e. The number of hydrogen-bond donors (Lipinski definition) is 1. The molecule has 1 aromatic rings. The van der Waals surface area contributed by atoms with Gasteiger partial charge in [0.2, 0.25) is 0 Å². The monoisotopic (exact) mass is 323 g/mol. The van der Waals surface area contributed by atoms with Gasteiger partial charge in [0.05, 0.1) is 3.79 Å². The lowest BCUT2D eigenvalue weighted by Gasteiger charge is -1.91. The fourth-order valence-electron chi connectivity index (χ4n) is 0.848. The summed E-state index contributed by atoms with van der Waals surface area (Å²) in [4.78, 5) is 1.26. The van der Waals surface area contributed by atoms with Gasteiger partial charge in [-0.25, -0.2) is 0 Å². The van der Waals surface area contributed by atoms with Gasteiger partial charge in [0.25, 0.3) is 0 Å². The second kappa shape index (κ2) is 5.96. The van der Waals surface area contributed by atoms with Crippen LogP contribution in [0.2, 0.25) is 0 Å². The quantitative estimate of drug-likeness (QED) is 0.828. The molecule has 72 valence electrons. The standard InChI is InChI=1S/C9H11Br2NS/c1-2-12-5-3-4-7-6-8(10)9(11)13-7/h3-4,6,12H,2,5H2,1H3/b4-3+. The lowest BCUT2D eigenvalue weighted by Crippen LogP contribution is -2.11. The largest absolute Gasteiger partial charge is 0.314 e. The Labute approximate surface area is 99.5 Å². The summed E-state index contributed by atoms with van der Waals surface area (Å²) in [5.74, 6) is 0. The molecule has 0 unspecified atom stereocenters. The Balaban J connectivity index is 2.49. The Morgan fingerprint density at radius 2 is 2.31 bits per heavy atom. The molecule has 1 nitrogen and oxygen atoms in total. The first-order valence-corrected chi connectivity index (χ1v) is 6.46. The molecule has 0 bridgehead atoms. The van der Waals surface area contributed by atoms with Crippen molar-refractivity contribution in [1.82, 2.24) is 5.32 Å². The van der Waals surface area contributed by atoms with Crippen molar-refractivity contribution in [2.75, 3.05) is 13.1 Å². The Kier molecular flexibility index (Phi) is 5.24. The molecule has 0 atom stereocenters. The summed E-state index contributed by atoms with van der Waals surface area (Å²) in [5.41, 5.74) is 0. The van der Waals surface area contributed by atoms with Gasteiger partial charge >= 0.3 is 0 Å². The van der Waals surface area contributed by atoms with Crippen LogP contribution in [0.5, 0.6) is 0 Å². The van der Waals surface area contributed by atoms with Crippen LogP contribution in [0, 0.1) is 0 Å². The number of halogens is 2. The molecule has 13 heavy (non-hydrogen) atoms. The van der Waals surface area contributed by atoms with Crippen LogP contribution in [0.4, 0.5) is 0 Å². The smallest absolute Gasteiger partial charge is 0.0846 e. The second-order valence-corrected chi connectivity index (χ2v) is 5.74. The molecule has 0 aliphatic rings. The maximum Gasteiger partial charge on any atom is 0.0846 e. The molecule has 4 heteroatoms. The summed E-state index contributed by atoms with van der Waals surface area (Å²) in [7, 11) is 0. The van der Waals surface area contributed by atoms with Gasteiger partial charge < -0.3 is 5.32 Å². The van der Waals surface area contributed by atoms with Crippen molar-refractivity contribution >= 4 is 49.3 Å². The molecule has 0 fully saturated rings. The van der Waals surface area contributed by atoms with E-state index in [1.165, 1.54) is 4.88 Å². The number of rotatable bonds is 4. The van der Waals surface area contributed by atoms with Crippen molar-refractivity contribution in [3.8, 4) is 0 Å². The van der Waals surface area contributed by atoms with E-state index in [1.54, 1.807) is 11.3 Å². The highest BCUT2D eigenvalue weighted by Crippen LogP contribution is 2.32. The zero-order chi connectivity index (χ0) is 9.68. The fourth-order valence-corrected chi connectivity index (χ4v) is 2.87. The Morgan fingerprint density at radius 3 is 2.85 bits per heavy atom. The summed E-state index contributed by atoms with van der Waals surface area (Å²) >= 11 is 8.64. The van der Waals surface area contributed by atoms with Gasteiger partial charge in [-0.05, 0) is 50.5 Å². The summed E-state index contributed by atoms with van der Waals surface area (Å²) in [6, 6.07) is 2.11. The summed E-state index contributed by atoms with van der Waals surface area (Å²) < 4.78 is 2.27. The van der Waals surface area contributed by atoms with Gasteiger partial charge in [-0.15, -0.1) is 11.3 Å². The molecule has 0 aromatic carbocycles. The fraction of sp³-hybridized carbons (Fsp3) is 0.333. The van der Waals surface area contributed by atoms with Crippen molar-refractivity contribution in [1.29, 1.82) is 0 Å². The van der Waals surface area contributed by atoms with Gasteiger partial charge in [-0.1, -0.05) is 13.0 Å². The van der Waals surface area contributed by atoms with Gasteiger partial charge in [0, 0.05) is 15.9 Å². The first-order valence-electron chi connectivity index (χ1n) is 4.06. The minimum atomic E-state index is 0.934. The van der Waals surface area contributed by atoms with E-state index in [0.29, 0.717) is 0 Å². The van der Waals surface area contributed by atoms with E-state index in [2.05, 4.69) is 62.3 Å². The number of likely N-dealkylation sites (N-methyl/N-ethyl adjacent to an activating group) is 1. The van der Waals surface area contributed by atoms with Gasteiger partial charge in [-0.3, -0.25) is 0 Å². The molecule has 1 aromatic heterocycles. The predicted molar refractivity (Wildman–Crippen MR) is 67.3 cm³/mol. The predicted octanol–water partition coefficient (Wildman–Crippen LogP) is 3.90. The molecule has 0 spiro atoms. The molecular formula is C9H11Br2NS. The van der Waals surface area contributed by atoms with Crippen molar-refractivity contribution < 1.29 is 0 Å². The van der Waals surface area contributed by atoms with Crippen LogP contribution in [-0.2, 0) is 0 Å². The van der Waals surface area contributed by atoms with Gasteiger partial charge in [-0.2, -0.15) is 0 Å². The Morgan fingerprint density at radius 1 is 1.54 bits per heavy atom. The van der Waals surface area contributed by atoms with Crippen molar-refractivity contribution in [2.24, 2.45) is 0 Å². The van der Waals surface area contributed by atoms with Crippen molar-refractivity contribution in [3.05, 3.63) is 25.3 Å². The summed E-state index contributed by atoms with van der Waals surface area (Å²) in [6.45, 7) is 4.05. The molecule has 0 aliphatic carbocycles. The Hall–Kier alpha value is 0.360. The third-order valence-corrected chi connectivity index (χ3v) is 4.68. The zero-order valence-electron chi connectivity index (χ0n) is 7.31. The molecular weight excluding hydrogens is 314 g/mol. The average molecular weight is 325 g/mol. The van der Waals surface area contributed by atoms with Crippen LogP contribution < -0.4 is 5.32 Å². The topological polar surface area (TPSA) is 12.0 Å². The molecule has 0 aliphatic heterocycles. The van der Waals surface area contributed by atoms with Crippen LogP contribution in [0.15, 0.2) is 20.4 Å². The highest BCUT2D eigenvalue weighted by Gasteiger charge is 1.99. The molecule has 0 radical (unpaired) electrons. The molecule has 0 saturated carbocycles. The van der Waals surface area contributed by atoms with Crippen LogP contribution in [0.1, 0.15) is 11.8 Å². The van der Waals surface area contributed by atoms with Crippen LogP contribution in [0.25, 0.3) is 6.08 Å². The first-order chi connectivity index (χ1) is 6.24. The zero-order valence-corrected chi connectivity index (χ0v) is 11.3. The normalized spacial score (nSPS) is 11.3. The van der Waals surface area contributed by atoms with Crippen molar-refractivity contribution in [2.45, 2.75) is 6.92 Å². The first kappa shape index (κ1) is 11.4. The lowest BCUT2D eigenvalue weighted by atomic mass is 10.4. The van der Waals surface area contributed by atoms with Gasteiger partial charge in [0.1, 0.15) is 0 Å². The second-order valence-electron chi connectivity index (χ2n) is 2.48. The SMILES string of the molecule is CCNC/C=C/c1cc(Br)c(Br)s1. The number of nitrogens with one attached hydrogen (secondary N) is 1. The van der Waals surface area contributed by atoms with E-state index in [4.69, 9.17) is 0 Å². The van der Waals surface area contributed by atoms with Crippen LogP contribution >= 0.6 is 43.2 Å². The third-order valence-electron chi connectivity index (χ3n) is 1.46. The summed E-state index contributed by atoms with van der Waals surface area (Å²) in [6.07, 6.45) is 4.26. The molecule has 1 heterocycles.